The van der Waals surface area contributed by atoms with Crippen LogP contribution >= 0.6 is 0 Å². The Morgan fingerprint density at radius 2 is 1.50 bits per heavy atom. The number of carbonyl (C=O) groups excluding carboxylic acids is 3. The molecular formula is C29H41N3O4. The first kappa shape index (κ1) is 28.9. The van der Waals surface area contributed by atoms with Crippen molar-refractivity contribution in [3.05, 3.63) is 71.3 Å². The predicted molar refractivity (Wildman–Crippen MR) is 143 cm³/mol. The zero-order chi connectivity index (χ0) is 26.9. The first-order valence-electron chi connectivity index (χ1n) is 12.7. The van der Waals surface area contributed by atoms with Gasteiger partial charge in [0.25, 0.3) is 0 Å². The van der Waals surface area contributed by atoms with Gasteiger partial charge in [0.15, 0.2) is 0 Å². The van der Waals surface area contributed by atoms with E-state index in [9.17, 15) is 14.4 Å². The second-order valence-electron chi connectivity index (χ2n) is 10.2. The Balaban J connectivity index is 2.45. The van der Waals surface area contributed by atoms with E-state index < -0.39 is 23.8 Å². The highest BCUT2D eigenvalue weighted by atomic mass is 16.6. The number of nitrogens with one attached hydrogen (secondary N) is 2. The minimum atomic E-state index is -0.911. The smallest absolute Gasteiger partial charge is 0.408 e. The Morgan fingerprint density at radius 3 is 2.00 bits per heavy atom. The second-order valence-corrected chi connectivity index (χ2v) is 10.2. The summed E-state index contributed by atoms with van der Waals surface area (Å²) in [5, 5.41) is 5.71. The highest BCUT2D eigenvalue weighted by molar-refractivity contribution is 5.92. The number of amides is 3. The molecule has 0 radical (unpaired) electrons. The number of rotatable bonds is 10. The maximum absolute atomic E-state index is 14.0. The Kier molecular flexibility index (Phi) is 10.5. The fraction of sp³-hybridized carbons (Fsp3) is 0.483. The maximum atomic E-state index is 14.0. The van der Waals surface area contributed by atoms with E-state index in [0.717, 1.165) is 23.1 Å². The Morgan fingerprint density at radius 1 is 0.889 bits per heavy atom. The lowest BCUT2D eigenvalue weighted by molar-refractivity contribution is -0.142. The largest absolute Gasteiger partial charge is 0.444 e. The molecule has 0 saturated heterocycles. The summed E-state index contributed by atoms with van der Waals surface area (Å²) in [6.07, 6.45) is 0.463. The number of carbonyl (C=O) groups is 3. The molecular weight excluding hydrogens is 454 g/mol. The molecule has 2 aromatic rings. The van der Waals surface area contributed by atoms with Gasteiger partial charge in [-0.1, -0.05) is 61.5 Å². The van der Waals surface area contributed by atoms with E-state index in [-0.39, 0.29) is 30.8 Å². The number of nitrogens with zero attached hydrogens (tertiary/aromatic N) is 1. The van der Waals surface area contributed by atoms with Crippen LogP contribution in [0.15, 0.2) is 54.6 Å². The van der Waals surface area contributed by atoms with Gasteiger partial charge in [0, 0.05) is 19.0 Å². The monoisotopic (exact) mass is 495 g/mol. The van der Waals surface area contributed by atoms with Gasteiger partial charge in [-0.3, -0.25) is 9.59 Å². The number of likely N-dealkylation sites (N-methyl/N-ethyl adjacent to an activating group) is 1. The van der Waals surface area contributed by atoms with E-state index in [4.69, 9.17) is 4.74 Å². The van der Waals surface area contributed by atoms with E-state index in [1.54, 1.807) is 20.8 Å². The standard InChI is InChI=1S/C29H41N3O4/c1-8-21-15-17-23(18-16-21)25(26(33)30-20(3)4)32(9-2)27(34)24(19-22-13-11-10-12-14-22)31-28(35)36-29(5,6)7/h10-18,20,24-25H,8-9,19H2,1-7H3,(H,30,33)(H,31,35). The van der Waals surface area contributed by atoms with Crippen molar-refractivity contribution in [3.63, 3.8) is 0 Å². The van der Waals surface area contributed by atoms with Crippen LogP contribution in [-0.4, -0.2) is 47.0 Å². The molecule has 0 spiro atoms. The number of hydrogen-bond acceptors (Lipinski definition) is 4. The molecule has 0 bridgehead atoms. The third kappa shape index (κ3) is 8.70. The van der Waals surface area contributed by atoms with Crippen LogP contribution < -0.4 is 10.6 Å². The van der Waals surface area contributed by atoms with Gasteiger partial charge in [-0.25, -0.2) is 4.79 Å². The van der Waals surface area contributed by atoms with Crippen LogP contribution in [0.2, 0.25) is 0 Å². The van der Waals surface area contributed by atoms with E-state index in [0.29, 0.717) is 0 Å². The van der Waals surface area contributed by atoms with E-state index >= 15 is 0 Å². The predicted octanol–water partition coefficient (Wildman–Crippen LogP) is 4.80. The lowest BCUT2D eigenvalue weighted by Gasteiger charge is -2.34. The molecule has 0 aliphatic rings. The Hall–Kier alpha value is -3.35. The van der Waals surface area contributed by atoms with Gasteiger partial charge in [0.2, 0.25) is 11.8 Å². The molecule has 2 rings (SSSR count). The minimum absolute atomic E-state index is 0.0938. The summed E-state index contributed by atoms with van der Waals surface area (Å²) in [5.41, 5.74) is 2.04. The van der Waals surface area contributed by atoms with Gasteiger partial charge in [-0.2, -0.15) is 0 Å². The highest BCUT2D eigenvalue weighted by Gasteiger charge is 2.35. The lowest BCUT2D eigenvalue weighted by atomic mass is 9.99. The molecule has 0 heterocycles. The molecule has 7 heteroatoms. The van der Waals surface area contributed by atoms with Crippen molar-refractivity contribution in [2.24, 2.45) is 0 Å². The average molecular weight is 496 g/mol. The van der Waals surface area contributed by atoms with Gasteiger partial charge < -0.3 is 20.3 Å². The van der Waals surface area contributed by atoms with Crippen molar-refractivity contribution < 1.29 is 19.1 Å². The van der Waals surface area contributed by atoms with Crippen LogP contribution in [-0.2, 0) is 27.2 Å². The molecule has 0 aliphatic heterocycles. The average Bonchev–Trinajstić information content (AvgIpc) is 2.80. The van der Waals surface area contributed by atoms with Crippen LogP contribution in [0.3, 0.4) is 0 Å². The first-order chi connectivity index (χ1) is 16.9. The summed E-state index contributed by atoms with van der Waals surface area (Å²) in [4.78, 5) is 41.6. The molecule has 2 atom stereocenters. The van der Waals surface area contributed by atoms with Gasteiger partial charge >= 0.3 is 6.09 Å². The summed E-state index contributed by atoms with van der Waals surface area (Å²) < 4.78 is 5.44. The molecule has 0 aromatic heterocycles. The number of hydrogen-bond donors (Lipinski definition) is 2. The third-order valence-electron chi connectivity index (χ3n) is 5.59. The van der Waals surface area contributed by atoms with Crippen molar-refractivity contribution in [3.8, 4) is 0 Å². The molecule has 2 unspecified atom stereocenters. The normalized spacial score (nSPS) is 13.0. The molecule has 0 fully saturated rings. The molecule has 2 N–H and O–H groups in total. The Labute approximate surface area is 215 Å². The summed E-state index contributed by atoms with van der Waals surface area (Å²) in [6, 6.07) is 15.4. The van der Waals surface area contributed by atoms with E-state index in [1.165, 1.54) is 4.90 Å². The Bertz CT molecular complexity index is 997. The second kappa shape index (κ2) is 13.1. The SMILES string of the molecule is CCc1ccc(C(C(=O)NC(C)C)N(CC)C(=O)C(Cc2ccccc2)NC(=O)OC(C)(C)C)cc1. The summed E-state index contributed by atoms with van der Waals surface area (Å²) in [6.45, 7) is 13.3. The zero-order valence-corrected chi connectivity index (χ0v) is 22.6. The van der Waals surface area contributed by atoms with Gasteiger partial charge in [-0.15, -0.1) is 0 Å². The van der Waals surface area contributed by atoms with Gasteiger partial charge in [0.05, 0.1) is 0 Å². The molecule has 2 aromatic carbocycles. The van der Waals surface area contributed by atoms with Crippen LogP contribution in [0.25, 0.3) is 0 Å². The fourth-order valence-electron chi connectivity index (χ4n) is 3.94. The maximum Gasteiger partial charge on any atom is 0.408 e. The molecule has 0 aliphatic carbocycles. The number of ether oxygens (including phenoxy) is 1. The molecule has 0 saturated carbocycles. The van der Waals surface area contributed by atoms with Crippen LogP contribution in [0.1, 0.15) is 71.2 Å². The molecule has 7 nitrogen and oxygen atoms in total. The summed E-state index contributed by atoms with van der Waals surface area (Å²) in [5.74, 6) is -0.615. The van der Waals surface area contributed by atoms with Crippen molar-refractivity contribution in [1.29, 1.82) is 0 Å². The topological polar surface area (TPSA) is 87.7 Å². The van der Waals surface area contributed by atoms with Crippen molar-refractivity contribution >= 4 is 17.9 Å². The van der Waals surface area contributed by atoms with Gasteiger partial charge in [0.1, 0.15) is 17.7 Å². The third-order valence-corrected chi connectivity index (χ3v) is 5.59. The van der Waals surface area contributed by atoms with Crippen LogP contribution in [0.4, 0.5) is 4.79 Å². The zero-order valence-electron chi connectivity index (χ0n) is 22.6. The fourth-order valence-corrected chi connectivity index (χ4v) is 3.94. The number of benzene rings is 2. The number of alkyl carbamates (subject to hydrolysis) is 1. The van der Waals surface area contributed by atoms with Crippen LogP contribution in [0, 0.1) is 0 Å². The van der Waals surface area contributed by atoms with E-state index in [2.05, 4.69) is 17.6 Å². The number of aryl methyl sites for hydroxylation is 1. The molecule has 196 valence electrons. The minimum Gasteiger partial charge on any atom is -0.444 e. The van der Waals surface area contributed by atoms with Crippen molar-refractivity contribution in [2.45, 2.75) is 85.0 Å². The van der Waals surface area contributed by atoms with Crippen LogP contribution in [0.5, 0.6) is 0 Å². The molecule has 36 heavy (non-hydrogen) atoms. The quantitative estimate of drug-likeness (QED) is 0.496. The van der Waals surface area contributed by atoms with E-state index in [1.807, 2.05) is 75.4 Å². The lowest BCUT2D eigenvalue weighted by Crippen LogP contribution is -2.54. The highest BCUT2D eigenvalue weighted by Crippen LogP contribution is 2.24. The first-order valence-corrected chi connectivity index (χ1v) is 12.7. The summed E-state index contributed by atoms with van der Waals surface area (Å²) >= 11 is 0. The van der Waals surface area contributed by atoms with Crippen molar-refractivity contribution in [2.75, 3.05) is 6.54 Å². The molecule has 3 amide bonds. The van der Waals surface area contributed by atoms with Gasteiger partial charge in [-0.05, 0) is 64.7 Å². The van der Waals surface area contributed by atoms with Crippen molar-refractivity contribution in [1.82, 2.24) is 15.5 Å². The summed E-state index contributed by atoms with van der Waals surface area (Å²) in [7, 11) is 0.